The minimum Gasteiger partial charge on any atom is -0.235 e. The van der Waals surface area contributed by atoms with Crippen LogP contribution in [0.2, 0.25) is 0 Å². The zero-order valence-electron chi connectivity index (χ0n) is 21.6. The zero-order valence-corrected chi connectivity index (χ0v) is 21.6. The molecule has 7 rings (SSSR count). The SMILES string of the molecule is CC1=[N+]=C(C2(c3nc(C)nc(-c4ccccc4)n3)c3ccccc3-c3ccccc32)N=C(c2ccccc2)N1. The van der Waals surface area contributed by atoms with Crippen molar-refractivity contribution in [3.8, 4) is 22.5 Å². The number of nitrogens with zero attached hydrogens (tertiary/aromatic N) is 5. The molecule has 2 heterocycles. The first-order valence-electron chi connectivity index (χ1n) is 13.0. The van der Waals surface area contributed by atoms with Crippen LogP contribution in [0.15, 0.2) is 114 Å². The second-order valence-electron chi connectivity index (χ2n) is 9.71. The molecule has 39 heavy (non-hydrogen) atoms. The van der Waals surface area contributed by atoms with Crippen molar-refractivity contribution in [2.75, 3.05) is 0 Å². The third-order valence-electron chi connectivity index (χ3n) is 7.24. The van der Waals surface area contributed by atoms with Crippen molar-refractivity contribution >= 4 is 17.5 Å². The number of nitrogens with one attached hydrogen (secondary N) is 1. The Balaban J connectivity index is 1.59. The van der Waals surface area contributed by atoms with Gasteiger partial charge in [-0.3, -0.25) is 0 Å². The molecule has 0 saturated carbocycles. The summed E-state index contributed by atoms with van der Waals surface area (Å²) in [5.74, 6) is 4.00. The highest BCUT2D eigenvalue weighted by Gasteiger charge is 2.56. The molecule has 5 aromatic rings. The highest BCUT2D eigenvalue weighted by Crippen LogP contribution is 2.52. The van der Waals surface area contributed by atoms with Crippen LogP contribution in [-0.4, -0.2) is 32.5 Å². The highest BCUT2D eigenvalue weighted by molar-refractivity contribution is 6.20. The van der Waals surface area contributed by atoms with E-state index < -0.39 is 5.41 Å². The Hall–Kier alpha value is -5.19. The largest absolute Gasteiger partial charge is 0.350 e. The van der Waals surface area contributed by atoms with Crippen molar-refractivity contribution in [1.82, 2.24) is 24.9 Å². The predicted octanol–water partition coefficient (Wildman–Crippen LogP) is 5.10. The molecular formula is C33H25N6+. The standard InChI is InChI=1S/C33H24N6/c1-21-34-29(23-13-5-3-6-14-23)38-31(36-21)33(27-19-11-9-17-25(27)26-18-10-12-20-28(26)33)32-37-22(2)35-30(39-32)24-15-7-4-8-16-24/h3-20H,1-2H3/p+1. The van der Waals surface area contributed by atoms with Crippen LogP contribution in [0.5, 0.6) is 0 Å². The van der Waals surface area contributed by atoms with Crippen LogP contribution in [0.25, 0.3) is 22.5 Å². The summed E-state index contributed by atoms with van der Waals surface area (Å²) in [4.78, 5) is 20.1. The van der Waals surface area contributed by atoms with E-state index in [4.69, 9.17) is 24.6 Å². The van der Waals surface area contributed by atoms with E-state index in [-0.39, 0.29) is 0 Å². The highest BCUT2D eigenvalue weighted by atomic mass is 15.1. The van der Waals surface area contributed by atoms with E-state index in [1.807, 2.05) is 74.5 Å². The fourth-order valence-corrected chi connectivity index (χ4v) is 5.60. The Morgan fingerprint density at radius 1 is 0.615 bits per heavy atom. The van der Waals surface area contributed by atoms with Crippen LogP contribution < -0.4 is 9.98 Å². The minimum atomic E-state index is -0.937. The van der Waals surface area contributed by atoms with Gasteiger partial charge in [0, 0.05) is 12.5 Å². The lowest BCUT2D eigenvalue weighted by Gasteiger charge is -2.26. The molecule has 4 aromatic carbocycles. The summed E-state index contributed by atoms with van der Waals surface area (Å²) >= 11 is 0. The molecule has 6 nitrogen and oxygen atoms in total. The number of benzene rings is 4. The molecule has 1 N–H and O–H groups in total. The van der Waals surface area contributed by atoms with E-state index >= 15 is 0 Å². The normalized spacial score (nSPS) is 14.9. The van der Waals surface area contributed by atoms with Gasteiger partial charge in [-0.1, -0.05) is 102 Å². The molecular weight excluding hydrogens is 480 g/mol. The van der Waals surface area contributed by atoms with Crippen LogP contribution in [0.3, 0.4) is 0 Å². The fourth-order valence-electron chi connectivity index (χ4n) is 5.60. The Kier molecular flexibility index (Phi) is 5.29. The molecule has 0 atom stereocenters. The second kappa shape index (κ2) is 8.98. The first-order valence-corrected chi connectivity index (χ1v) is 13.0. The van der Waals surface area contributed by atoms with Gasteiger partial charge in [0.25, 0.3) is 11.7 Å². The number of aromatic nitrogens is 3. The second-order valence-corrected chi connectivity index (χ2v) is 9.71. The Morgan fingerprint density at radius 2 is 1.18 bits per heavy atom. The summed E-state index contributed by atoms with van der Waals surface area (Å²) in [5, 5.41) is 3.38. The fraction of sp³-hybridized carbons (Fsp3) is 0.0909. The number of rotatable bonds is 4. The molecule has 0 amide bonds. The van der Waals surface area contributed by atoms with E-state index in [9.17, 15) is 0 Å². The Labute approximate surface area is 226 Å². The molecule has 2 aliphatic rings. The van der Waals surface area contributed by atoms with Crippen LogP contribution in [0.4, 0.5) is 0 Å². The Morgan fingerprint density at radius 3 is 1.82 bits per heavy atom. The minimum absolute atomic E-state index is 0.607. The Bertz CT molecular complexity index is 1790. The van der Waals surface area contributed by atoms with Crippen LogP contribution in [-0.2, 0) is 5.41 Å². The van der Waals surface area contributed by atoms with Gasteiger partial charge in [0.2, 0.25) is 0 Å². The van der Waals surface area contributed by atoms with Gasteiger partial charge in [-0.15, -0.1) is 0 Å². The lowest BCUT2D eigenvalue weighted by Crippen LogP contribution is -2.45. The molecule has 1 aromatic heterocycles. The predicted molar refractivity (Wildman–Crippen MR) is 156 cm³/mol. The maximum atomic E-state index is 5.20. The zero-order chi connectivity index (χ0) is 26.4. The first kappa shape index (κ1) is 23.0. The number of hydrogen-bond donors (Lipinski definition) is 1. The number of aryl methyl sites for hydroxylation is 1. The van der Waals surface area contributed by atoms with Crippen LogP contribution in [0, 0.1) is 6.92 Å². The summed E-state index contributed by atoms with van der Waals surface area (Å²) in [6.45, 7) is 3.88. The molecule has 0 radical (unpaired) electrons. The monoisotopic (exact) mass is 505 g/mol. The maximum absolute atomic E-state index is 5.20. The van der Waals surface area contributed by atoms with Gasteiger partial charge in [-0.05, 0) is 41.3 Å². The van der Waals surface area contributed by atoms with E-state index in [1.54, 1.807) is 0 Å². The van der Waals surface area contributed by atoms with Gasteiger partial charge in [-0.25, -0.2) is 24.9 Å². The van der Waals surface area contributed by atoms with Crippen molar-refractivity contribution in [3.05, 3.63) is 138 Å². The lowest BCUT2D eigenvalue weighted by molar-refractivity contribution is 0.732. The van der Waals surface area contributed by atoms with E-state index in [1.165, 1.54) is 0 Å². The van der Waals surface area contributed by atoms with Crippen molar-refractivity contribution in [1.29, 1.82) is 0 Å². The van der Waals surface area contributed by atoms with Crippen molar-refractivity contribution in [2.24, 2.45) is 4.99 Å². The van der Waals surface area contributed by atoms with Gasteiger partial charge >= 0.3 is 5.84 Å². The van der Waals surface area contributed by atoms with Crippen molar-refractivity contribution in [2.45, 2.75) is 19.3 Å². The number of aliphatic imine (C=N–C) groups is 1. The summed E-state index contributed by atoms with van der Waals surface area (Å²) in [6.07, 6.45) is 0. The average molecular weight is 506 g/mol. The molecule has 1 aliphatic carbocycles. The molecule has 186 valence electrons. The summed E-state index contributed by atoms with van der Waals surface area (Å²) in [6, 6.07) is 37.0. The molecule has 1 aliphatic heterocycles. The number of hydrogen-bond acceptors (Lipinski definition) is 5. The quantitative estimate of drug-likeness (QED) is 0.345. The molecule has 0 bridgehead atoms. The van der Waals surface area contributed by atoms with Crippen LogP contribution in [0.1, 0.15) is 35.3 Å². The van der Waals surface area contributed by atoms with Crippen molar-refractivity contribution < 1.29 is 0 Å². The molecule has 6 heteroatoms. The van der Waals surface area contributed by atoms with Crippen LogP contribution >= 0.6 is 0 Å². The third-order valence-corrected chi connectivity index (χ3v) is 7.24. The number of fused-ring (bicyclic) bond motifs is 3. The smallest absolute Gasteiger partial charge is 0.235 e. The van der Waals surface area contributed by atoms with E-state index in [0.717, 1.165) is 45.1 Å². The van der Waals surface area contributed by atoms with Gasteiger partial charge in [0.05, 0.1) is 5.56 Å². The summed E-state index contributed by atoms with van der Waals surface area (Å²) in [7, 11) is 0. The average Bonchev–Trinajstić information content (AvgIpc) is 3.29. The molecule has 0 unspecified atom stereocenters. The summed E-state index contributed by atoms with van der Waals surface area (Å²) in [5.41, 5.74) is 5.35. The molecule has 0 spiro atoms. The topological polar surface area (TPSA) is 77.2 Å². The lowest BCUT2D eigenvalue weighted by atomic mass is 9.75. The molecule has 0 fully saturated rings. The van der Waals surface area contributed by atoms with Gasteiger partial charge in [-0.2, -0.15) is 0 Å². The summed E-state index contributed by atoms with van der Waals surface area (Å²) < 4.78 is 5.05. The maximum Gasteiger partial charge on any atom is 0.350 e. The van der Waals surface area contributed by atoms with Crippen molar-refractivity contribution in [3.63, 3.8) is 0 Å². The first-order chi connectivity index (χ1) is 19.1. The molecule has 0 saturated heterocycles. The number of amidine groups is 3. The third kappa shape index (κ3) is 3.62. The van der Waals surface area contributed by atoms with Gasteiger partial charge < -0.3 is 0 Å². The van der Waals surface area contributed by atoms with E-state index in [2.05, 4.69) is 53.8 Å². The van der Waals surface area contributed by atoms with Gasteiger partial charge in [0.1, 0.15) is 5.82 Å². The van der Waals surface area contributed by atoms with E-state index in [0.29, 0.717) is 23.3 Å². The van der Waals surface area contributed by atoms with Gasteiger partial charge in [0.15, 0.2) is 17.1 Å².